The van der Waals surface area contributed by atoms with Crippen LogP contribution in [0.5, 0.6) is 0 Å². The first-order valence-electron chi connectivity index (χ1n) is 4.64. The van der Waals surface area contributed by atoms with Crippen molar-refractivity contribution in [3.63, 3.8) is 0 Å². The quantitative estimate of drug-likeness (QED) is 0.717. The third-order valence-corrected chi connectivity index (χ3v) is 1.79. The molecule has 0 saturated carbocycles. The standard InChI is InChI=1S/C9H12N2O5/c1-3-15-8(12)6-7(16-4-10-6)5(2)11-9(13)14/h4-5,11H,3H2,1-2H3,(H,13,14)/p-1. The lowest BCUT2D eigenvalue weighted by Crippen LogP contribution is -2.38. The highest BCUT2D eigenvalue weighted by atomic mass is 16.5. The Kier molecular flexibility index (Phi) is 3.87. The van der Waals surface area contributed by atoms with Gasteiger partial charge in [-0.2, -0.15) is 0 Å². The maximum Gasteiger partial charge on any atom is 0.360 e. The minimum absolute atomic E-state index is 0.0388. The fourth-order valence-corrected chi connectivity index (χ4v) is 1.16. The molecular formula is C9H11N2O5-. The molecule has 16 heavy (non-hydrogen) atoms. The van der Waals surface area contributed by atoms with Gasteiger partial charge in [-0.15, -0.1) is 0 Å². The molecule has 1 rings (SSSR count). The zero-order valence-electron chi connectivity index (χ0n) is 8.85. The Labute approximate surface area is 91.4 Å². The van der Waals surface area contributed by atoms with E-state index in [-0.39, 0.29) is 18.1 Å². The van der Waals surface area contributed by atoms with Gasteiger partial charge in [0.05, 0.1) is 12.6 Å². The normalized spacial score (nSPS) is 11.9. The summed E-state index contributed by atoms with van der Waals surface area (Å²) >= 11 is 0. The van der Waals surface area contributed by atoms with Crippen LogP contribution in [-0.2, 0) is 4.74 Å². The number of carbonyl (C=O) groups is 2. The van der Waals surface area contributed by atoms with E-state index in [0.717, 1.165) is 6.39 Å². The summed E-state index contributed by atoms with van der Waals surface area (Å²) in [6.07, 6.45) is -0.409. The van der Waals surface area contributed by atoms with Crippen molar-refractivity contribution < 1.29 is 23.8 Å². The molecule has 1 atom stereocenters. The molecule has 0 bridgehead atoms. The van der Waals surface area contributed by atoms with Crippen LogP contribution >= 0.6 is 0 Å². The fourth-order valence-electron chi connectivity index (χ4n) is 1.16. The second kappa shape index (κ2) is 5.15. The van der Waals surface area contributed by atoms with Gasteiger partial charge >= 0.3 is 5.97 Å². The van der Waals surface area contributed by atoms with E-state index in [1.807, 2.05) is 5.32 Å². The Balaban J connectivity index is 2.84. The number of nitrogens with one attached hydrogen (secondary N) is 1. The van der Waals surface area contributed by atoms with Crippen LogP contribution in [0.2, 0.25) is 0 Å². The highest BCUT2D eigenvalue weighted by Gasteiger charge is 2.22. The number of ether oxygens (including phenoxy) is 1. The third kappa shape index (κ3) is 2.72. The van der Waals surface area contributed by atoms with E-state index in [9.17, 15) is 14.7 Å². The average molecular weight is 227 g/mol. The molecule has 0 saturated heterocycles. The molecule has 7 nitrogen and oxygen atoms in total. The summed E-state index contributed by atoms with van der Waals surface area (Å²) in [5, 5.41) is 12.4. The van der Waals surface area contributed by atoms with Gasteiger partial charge in [0.15, 0.2) is 17.8 Å². The zero-order chi connectivity index (χ0) is 12.1. The lowest BCUT2D eigenvalue weighted by atomic mass is 10.2. The number of hydrogen-bond donors (Lipinski definition) is 1. The number of amides is 1. The predicted octanol–water partition coefficient (Wildman–Crippen LogP) is -0.155. The Morgan fingerprint density at radius 3 is 2.94 bits per heavy atom. The molecule has 1 N–H and O–H groups in total. The molecule has 1 heterocycles. The van der Waals surface area contributed by atoms with Crippen molar-refractivity contribution in [3.05, 3.63) is 17.8 Å². The van der Waals surface area contributed by atoms with Crippen LogP contribution in [-0.4, -0.2) is 23.7 Å². The second-order valence-corrected chi connectivity index (χ2v) is 2.94. The zero-order valence-corrected chi connectivity index (χ0v) is 8.85. The van der Waals surface area contributed by atoms with E-state index in [2.05, 4.69) is 4.98 Å². The van der Waals surface area contributed by atoms with E-state index in [1.54, 1.807) is 6.92 Å². The summed E-state index contributed by atoms with van der Waals surface area (Å²) in [6, 6.07) is -0.730. The van der Waals surface area contributed by atoms with Gasteiger partial charge < -0.3 is 24.4 Å². The van der Waals surface area contributed by atoms with Crippen molar-refractivity contribution in [2.45, 2.75) is 19.9 Å². The van der Waals surface area contributed by atoms with E-state index < -0.39 is 18.1 Å². The van der Waals surface area contributed by atoms with Gasteiger partial charge in [0.25, 0.3) is 0 Å². The largest absolute Gasteiger partial charge is 0.530 e. The SMILES string of the molecule is CCOC(=O)c1ncoc1C(C)NC(=O)[O-]. The molecule has 0 aliphatic heterocycles. The van der Waals surface area contributed by atoms with Gasteiger partial charge in [0, 0.05) is 0 Å². The van der Waals surface area contributed by atoms with Crippen LogP contribution in [0.1, 0.15) is 36.1 Å². The van der Waals surface area contributed by atoms with Crippen LogP contribution < -0.4 is 10.4 Å². The topological polar surface area (TPSA) is 104 Å². The van der Waals surface area contributed by atoms with Crippen LogP contribution in [0, 0.1) is 0 Å². The first-order chi connectivity index (χ1) is 7.56. The molecule has 0 fully saturated rings. The number of esters is 1. The van der Waals surface area contributed by atoms with Crippen LogP contribution in [0.15, 0.2) is 10.8 Å². The Hall–Kier alpha value is -2.05. The molecule has 1 aromatic rings. The highest BCUT2D eigenvalue weighted by Crippen LogP contribution is 2.17. The number of hydrogen-bond acceptors (Lipinski definition) is 6. The summed E-state index contributed by atoms with van der Waals surface area (Å²) in [7, 11) is 0. The first kappa shape index (κ1) is 12.0. The molecule has 0 aromatic carbocycles. The molecule has 0 aliphatic rings. The number of aromatic nitrogens is 1. The van der Waals surface area contributed by atoms with Gasteiger partial charge in [0.1, 0.15) is 6.09 Å². The summed E-state index contributed by atoms with van der Waals surface area (Å²) in [5.41, 5.74) is -0.0388. The van der Waals surface area contributed by atoms with Gasteiger partial charge in [-0.25, -0.2) is 9.78 Å². The van der Waals surface area contributed by atoms with E-state index >= 15 is 0 Å². The molecule has 7 heteroatoms. The average Bonchev–Trinajstić information content (AvgIpc) is 2.65. The van der Waals surface area contributed by atoms with Crippen LogP contribution in [0.4, 0.5) is 4.79 Å². The third-order valence-electron chi connectivity index (χ3n) is 1.79. The smallest absolute Gasteiger partial charge is 0.360 e. The summed E-state index contributed by atoms with van der Waals surface area (Å²) in [4.78, 5) is 25.4. The highest BCUT2D eigenvalue weighted by molar-refractivity contribution is 5.88. The van der Waals surface area contributed by atoms with Crippen molar-refractivity contribution in [3.8, 4) is 0 Å². The van der Waals surface area contributed by atoms with E-state index in [1.165, 1.54) is 6.92 Å². The fraction of sp³-hybridized carbons (Fsp3) is 0.444. The lowest BCUT2D eigenvalue weighted by molar-refractivity contribution is -0.251. The predicted molar refractivity (Wildman–Crippen MR) is 49.4 cm³/mol. The Bertz CT molecular complexity index is 387. The number of oxazole rings is 1. The van der Waals surface area contributed by atoms with Crippen molar-refractivity contribution in [2.24, 2.45) is 0 Å². The number of carbonyl (C=O) groups excluding carboxylic acids is 2. The molecule has 0 aliphatic carbocycles. The molecule has 0 spiro atoms. The second-order valence-electron chi connectivity index (χ2n) is 2.94. The molecule has 1 aromatic heterocycles. The van der Waals surface area contributed by atoms with Crippen LogP contribution in [0.25, 0.3) is 0 Å². The molecule has 1 unspecified atom stereocenters. The van der Waals surface area contributed by atoms with Crippen LogP contribution in [0.3, 0.4) is 0 Å². The molecule has 1 amide bonds. The molecular weight excluding hydrogens is 216 g/mol. The van der Waals surface area contributed by atoms with Gasteiger partial charge in [-0.3, -0.25) is 0 Å². The lowest BCUT2D eigenvalue weighted by Gasteiger charge is -2.13. The summed E-state index contributed by atoms with van der Waals surface area (Å²) < 4.78 is 9.66. The monoisotopic (exact) mass is 227 g/mol. The van der Waals surface area contributed by atoms with E-state index in [0.29, 0.717) is 0 Å². The number of nitrogens with zero attached hydrogens (tertiary/aromatic N) is 1. The van der Waals surface area contributed by atoms with Crippen molar-refractivity contribution >= 4 is 12.1 Å². The molecule has 88 valence electrons. The maximum absolute atomic E-state index is 11.4. The Morgan fingerprint density at radius 1 is 1.69 bits per heavy atom. The van der Waals surface area contributed by atoms with Gasteiger partial charge in [-0.05, 0) is 13.8 Å². The number of carboxylic acid groups (broad SMARTS) is 1. The molecule has 0 radical (unpaired) electrons. The Morgan fingerprint density at radius 2 is 2.38 bits per heavy atom. The van der Waals surface area contributed by atoms with Gasteiger partial charge in [0.2, 0.25) is 0 Å². The minimum Gasteiger partial charge on any atom is -0.530 e. The van der Waals surface area contributed by atoms with Crippen molar-refractivity contribution in [1.82, 2.24) is 10.3 Å². The summed E-state index contributed by atoms with van der Waals surface area (Å²) in [6.45, 7) is 3.35. The maximum atomic E-state index is 11.4. The summed E-state index contributed by atoms with van der Waals surface area (Å²) in [5.74, 6) is -0.555. The van der Waals surface area contributed by atoms with Crippen molar-refractivity contribution in [1.29, 1.82) is 0 Å². The first-order valence-corrected chi connectivity index (χ1v) is 4.64. The van der Waals surface area contributed by atoms with Gasteiger partial charge in [-0.1, -0.05) is 0 Å². The van der Waals surface area contributed by atoms with E-state index in [4.69, 9.17) is 9.15 Å². The van der Waals surface area contributed by atoms with Crippen molar-refractivity contribution in [2.75, 3.05) is 6.61 Å². The number of rotatable bonds is 4. The minimum atomic E-state index is -1.46.